The van der Waals surface area contributed by atoms with E-state index in [1.807, 2.05) is 0 Å². The molecule has 4 aliphatic carbocycles. The van der Waals surface area contributed by atoms with Crippen LogP contribution in [0.4, 0.5) is 0 Å². The molecule has 0 unspecified atom stereocenters. The largest absolute Gasteiger partial charge is 0.469 e. The number of hydrogen-bond acceptors (Lipinski definition) is 3. The zero-order chi connectivity index (χ0) is 17.2. The van der Waals surface area contributed by atoms with Crippen LogP contribution in [0.5, 0.6) is 0 Å². The fourth-order valence-electron chi connectivity index (χ4n) is 8.20. The summed E-state index contributed by atoms with van der Waals surface area (Å²) >= 11 is 0. The molecule has 2 bridgehead atoms. The highest BCUT2D eigenvalue weighted by molar-refractivity contribution is 5.73. The van der Waals surface area contributed by atoms with Gasteiger partial charge in [-0.3, -0.25) is 4.79 Å². The van der Waals surface area contributed by atoms with Gasteiger partial charge in [-0.15, -0.1) is 0 Å². The number of esters is 1. The van der Waals surface area contributed by atoms with Gasteiger partial charge in [0.2, 0.25) is 0 Å². The zero-order valence-corrected chi connectivity index (χ0v) is 15.6. The van der Waals surface area contributed by atoms with Crippen LogP contribution < -0.4 is 0 Å². The van der Waals surface area contributed by atoms with Crippen LogP contribution >= 0.6 is 0 Å². The van der Waals surface area contributed by atoms with Crippen LogP contribution in [-0.4, -0.2) is 24.8 Å². The lowest BCUT2D eigenvalue weighted by molar-refractivity contribution is -0.159. The van der Waals surface area contributed by atoms with E-state index in [1.165, 1.54) is 51.4 Å². The number of rotatable bonds is 2. The van der Waals surface area contributed by atoms with Crippen LogP contribution in [0.3, 0.4) is 0 Å². The van der Waals surface area contributed by atoms with E-state index in [2.05, 4.69) is 13.8 Å². The van der Waals surface area contributed by atoms with Gasteiger partial charge in [-0.25, -0.2) is 0 Å². The second-order valence-corrected chi connectivity index (χ2v) is 10.1. The molecule has 0 aromatic carbocycles. The molecule has 0 amide bonds. The number of aliphatic hydroxyl groups is 1. The van der Waals surface area contributed by atoms with E-state index in [0.717, 1.165) is 12.3 Å². The number of hydrogen-bond donors (Lipinski definition) is 1. The molecule has 4 aliphatic rings. The van der Waals surface area contributed by atoms with E-state index < -0.39 is 0 Å². The molecule has 4 rings (SSSR count). The molecule has 1 spiro atoms. The number of fused-ring (bicyclic) bond motifs is 3. The first-order chi connectivity index (χ1) is 11.4. The van der Waals surface area contributed by atoms with E-state index in [-0.39, 0.29) is 17.3 Å². The molecule has 7 atom stereocenters. The summed E-state index contributed by atoms with van der Waals surface area (Å²) in [6.45, 7) is 5.19. The Labute approximate surface area is 146 Å². The van der Waals surface area contributed by atoms with Crippen molar-refractivity contribution < 1.29 is 14.6 Å². The van der Waals surface area contributed by atoms with Crippen molar-refractivity contribution in [1.29, 1.82) is 0 Å². The second kappa shape index (κ2) is 5.46. The molecule has 0 aromatic heterocycles. The summed E-state index contributed by atoms with van der Waals surface area (Å²) in [7, 11) is 1.55. The second-order valence-electron chi connectivity index (χ2n) is 10.1. The summed E-state index contributed by atoms with van der Waals surface area (Å²) < 4.78 is 5.13. The van der Waals surface area contributed by atoms with Gasteiger partial charge in [0.15, 0.2) is 0 Å². The summed E-state index contributed by atoms with van der Waals surface area (Å²) in [5.74, 6) is 2.12. The van der Waals surface area contributed by atoms with Crippen LogP contribution in [-0.2, 0) is 9.53 Å². The van der Waals surface area contributed by atoms with E-state index in [4.69, 9.17) is 4.74 Å². The molecule has 0 aliphatic heterocycles. The Bertz CT molecular complexity index is 531. The first-order valence-electron chi connectivity index (χ1n) is 10.1. The number of methoxy groups -OCH3 is 1. The summed E-state index contributed by atoms with van der Waals surface area (Å²) in [6, 6.07) is 0. The standard InChI is InChI=1S/C21H34O3/c1-19(13-22)8-4-9-20(2)16(19)7-10-21-11-14(5-6-17(20)21)15(12-21)18(23)24-3/h14-17,22H,4-13H2,1-3H3/t14-,15-,16-,17+,19+,20-,21+/m1/s1. The Balaban J connectivity index is 1.67. The maximum Gasteiger partial charge on any atom is 0.308 e. The summed E-state index contributed by atoms with van der Waals surface area (Å²) in [4.78, 5) is 12.3. The first kappa shape index (κ1) is 16.9. The topological polar surface area (TPSA) is 46.5 Å². The number of aliphatic hydroxyl groups excluding tert-OH is 1. The average molecular weight is 335 g/mol. The minimum Gasteiger partial charge on any atom is -0.469 e. The maximum absolute atomic E-state index is 12.3. The smallest absolute Gasteiger partial charge is 0.308 e. The molecular weight excluding hydrogens is 300 g/mol. The normalized spacial score (nSPS) is 53.2. The third-order valence-corrected chi connectivity index (χ3v) is 9.12. The van der Waals surface area contributed by atoms with Crippen molar-refractivity contribution in [3.05, 3.63) is 0 Å². The van der Waals surface area contributed by atoms with Crippen LogP contribution in [0.2, 0.25) is 0 Å². The van der Waals surface area contributed by atoms with Crippen molar-refractivity contribution in [2.24, 2.45) is 39.9 Å². The number of ether oxygens (including phenoxy) is 1. The molecule has 4 saturated carbocycles. The van der Waals surface area contributed by atoms with Crippen molar-refractivity contribution in [1.82, 2.24) is 0 Å². The Morgan fingerprint density at radius 2 is 1.88 bits per heavy atom. The van der Waals surface area contributed by atoms with Gasteiger partial charge in [-0.2, -0.15) is 0 Å². The molecule has 136 valence electrons. The van der Waals surface area contributed by atoms with Crippen molar-refractivity contribution >= 4 is 5.97 Å². The summed E-state index contributed by atoms with van der Waals surface area (Å²) in [6.07, 6.45) is 11.0. The fourth-order valence-corrected chi connectivity index (χ4v) is 8.20. The lowest BCUT2D eigenvalue weighted by atomic mass is 9.41. The van der Waals surface area contributed by atoms with Gasteiger partial charge in [-0.05, 0) is 85.4 Å². The monoisotopic (exact) mass is 334 g/mol. The minimum absolute atomic E-state index is 0.0358. The lowest BCUT2D eigenvalue weighted by Gasteiger charge is -2.64. The van der Waals surface area contributed by atoms with Crippen molar-refractivity contribution in [2.75, 3.05) is 13.7 Å². The highest BCUT2D eigenvalue weighted by Gasteiger charge is 2.65. The third-order valence-electron chi connectivity index (χ3n) is 9.12. The highest BCUT2D eigenvalue weighted by Crippen LogP contribution is 2.72. The van der Waals surface area contributed by atoms with Gasteiger partial charge in [0, 0.05) is 6.61 Å². The summed E-state index contributed by atoms with van der Waals surface area (Å²) in [5, 5.41) is 10.1. The molecule has 0 aromatic rings. The van der Waals surface area contributed by atoms with Gasteiger partial charge < -0.3 is 9.84 Å². The third kappa shape index (κ3) is 2.09. The molecule has 3 heteroatoms. The zero-order valence-electron chi connectivity index (χ0n) is 15.6. The van der Waals surface area contributed by atoms with Crippen molar-refractivity contribution in [3.8, 4) is 0 Å². The van der Waals surface area contributed by atoms with Gasteiger partial charge in [-0.1, -0.05) is 20.3 Å². The van der Waals surface area contributed by atoms with Crippen molar-refractivity contribution in [3.63, 3.8) is 0 Å². The molecule has 0 saturated heterocycles. The number of carbonyl (C=O) groups excluding carboxylic acids is 1. The average Bonchev–Trinajstić information content (AvgIpc) is 2.84. The van der Waals surface area contributed by atoms with Crippen LogP contribution in [0, 0.1) is 39.9 Å². The molecule has 1 N–H and O–H groups in total. The van der Waals surface area contributed by atoms with Gasteiger partial charge in [0.1, 0.15) is 0 Å². The maximum atomic E-state index is 12.3. The Morgan fingerprint density at radius 3 is 2.58 bits per heavy atom. The molecule has 3 nitrogen and oxygen atoms in total. The molecule has 0 radical (unpaired) electrons. The Kier molecular flexibility index (Phi) is 3.84. The first-order valence-corrected chi connectivity index (χ1v) is 10.1. The highest BCUT2D eigenvalue weighted by atomic mass is 16.5. The van der Waals surface area contributed by atoms with E-state index in [9.17, 15) is 9.90 Å². The van der Waals surface area contributed by atoms with Gasteiger partial charge in [0.25, 0.3) is 0 Å². The molecule has 4 fully saturated rings. The minimum atomic E-state index is 0.0358. The van der Waals surface area contributed by atoms with Gasteiger partial charge >= 0.3 is 5.97 Å². The summed E-state index contributed by atoms with van der Waals surface area (Å²) in [5.41, 5.74) is 0.830. The van der Waals surface area contributed by atoms with Crippen LogP contribution in [0.15, 0.2) is 0 Å². The number of carbonyl (C=O) groups is 1. The van der Waals surface area contributed by atoms with Crippen LogP contribution in [0.1, 0.15) is 71.6 Å². The quantitative estimate of drug-likeness (QED) is 0.771. The van der Waals surface area contributed by atoms with Gasteiger partial charge in [0.05, 0.1) is 13.0 Å². The van der Waals surface area contributed by atoms with E-state index in [1.54, 1.807) is 7.11 Å². The Morgan fingerprint density at radius 1 is 1.08 bits per heavy atom. The van der Waals surface area contributed by atoms with Crippen LogP contribution in [0.25, 0.3) is 0 Å². The predicted octanol–water partition coefficient (Wildman–Crippen LogP) is 4.18. The predicted molar refractivity (Wildman–Crippen MR) is 93.3 cm³/mol. The lowest BCUT2D eigenvalue weighted by Crippen LogP contribution is -2.57. The fraction of sp³-hybridized carbons (Fsp3) is 0.952. The molecular formula is C21H34O3. The molecule has 0 heterocycles. The Hall–Kier alpha value is -0.570. The van der Waals surface area contributed by atoms with E-state index >= 15 is 0 Å². The SMILES string of the molecule is COC(=O)[C@@H]1C[C@@]23CC[C@@H]4[C@](C)(CO)CCC[C@@]4(C)[C@@H]2CC[C@@H]1C3. The molecule has 24 heavy (non-hydrogen) atoms. The van der Waals surface area contributed by atoms with E-state index in [0.29, 0.717) is 29.3 Å². The van der Waals surface area contributed by atoms with Crippen molar-refractivity contribution in [2.45, 2.75) is 71.6 Å².